The van der Waals surface area contributed by atoms with Gasteiger partial charge >= 0.3 is 0 Å². The Bertz CT molecular complexity index is 317. The quantitative estimate of drug-likeness (QED) is 0.623. The fourth-order valence-corrected chi connectivity index (χ4v) is 1.18. The molecule has 0 unspecified atom stereocenters. The van der Waals surface area contributed by atoms with Crippen LogP contribution in [0.1, 0.15) is 23.7 Å². The zero-order chi connectivity index (χ0) is 10.4. The van der Waals surface area contributed by atoms with Crippen molar-refractivity contribution in [1.82, 2.24) is 5.32 Å². The summed E-state index contributed by atoms with van der Waals surface area (Å²) in [7, 11) is 0. The van der Waals surface area contributed by atoms with E-state index in [-0.39, 0.29) is 24.0 Å². The maximum absolute atomic E-state index is 12.7. The third-order valence-corrected chi connectivity index (χ3v) is 1.93. The molecule has 4 heteroatoms. The smallest absolute Gasteiger partial charge is 0.164 e. The lowest BCUT2D eigenvalue weighted by molar-refractivity contribution is 0.0982. The minimum Gasteiger partial charge on any atom is -0.317 e. The topological polar surface area (TPSA) is 29.1 Å². The highest BCUT2D eigenvalue weighted by atomic mass is 35.5. The highest BCUT2D eigenvalue weighted by molar-refractivity contribution is 5.96. The van der Waals surface area contributed by atoms with Crippen LogP contribution in [-0.2, 0) is 0 Å². The molecule has 15 heavy (non-hydrogen) atoms. The molecule has 1 aromatic rings. The molecular formula is C11H15ClFNO. The van der Waals surface area contributed by atoms with Crippen LogP contribution >= 0.6 is 12.4 Å². The Kier molecular flexibility index (Phi) is 6.92. The van der Waals surface area contributed by atoms with Crippen molar-refractivity contribution in [2.24, 2.45) is 0 Å². The molecule has 0 fully saturated rings. The monoisotopic (exact) mass is 231 g/mol. The van der Waals surface area contributed by atoms with Gasteiger partial charge in [0.2, 0.25) is 0 Å². The van der Waals surface area contributed by atoms with Gasteiger partial charge in [-0.2, -0.15) is 0 Å². The second-order valence-electron chi connectivity index (χ2n) is 3.04. The Morgan fingerprint density at radius 2 is 2.20 bits per heavy atom. The van der Waals surface area contributed by atoms with Crippen LogP contribution in [0.2, 0.25) is 0 Å². The molecule has 0 bridgehead atoms. The number of rotatable bonds is 5. The molecule has 1 rings (SSSR count). The van der Waals surface area contributed by atoms with E-state index in [1.54, 1.807) is 12.1 Å². The van der Waals surface area contributed by atoms with Crippen LogP contribution in [0.25, 0.3) is 0 Å². The minimum atomic E-state index is -0.362. The van der Waals surface area contributed by atoms with Gasteiger partial charge in [0.25, 0.3) is 0 Å². The Morgan fingerprint density at radius 1 is 1.47 bits per heavy atom. The number of hydrogen-bond donors (Lipinski definition) is 1. The normalized spacial score (nSPS) is 9.47. The van der Waals surface area contributed by atoms with Gasteiger partial charge < -0.3 is 5.32 Å². The maximum Gasteiger partial charge on any atom is 0.164 e. The number of carbonyl (C=O) groups excluding carboxylic acids is 1. The largest absolute Gasteiger partial charge is 0.317 e. The van der Waals surface area contributed by atoms with Gasteiger partial charge in [-0.3, -0.25) is 4.79 Å². The molecule has 2 nitrogen and oxygen atoms in total. The van der Waals surface area contributed by atoms with Crippen molar-refractivity contribution in [2.45, 2.75) is 13.3 Å². The first kappa shape index (κ1) is 14.1. The molecule has 0 radical (unpaired) electrons. The number of carbonyl (C=O) groups is 1. The molecular weight excluding hydrogens is 217 g/mol. The molecule has 0 saturated heterocycles. The molecule has 0 saturated carbocycles. The van der Waals surface area contributed by atoms with Crippen LogP contribution in [0.4, 0.5) is 4.39 Å². The average molecular weight is 232 g/mol. The number of halogens is 2. The van der Waals surface area contributed by atoms with E-state index in [0.717, 1.165) is 6.54 Å². The van der Waals surface area contributed by atoms with Crippen LogP contribution in [0.3, 0.4) is 0 Å². The third kappa shape index (κ3) is 4.91. The van der Waals surface area contributed by atoms with Gasteiger partial charge in [0.1, 0.15) is 5.82 Å². The molecule has 0 aliphatic heterocycles. The lowest BCUT2D eigenvalue weighted by Gasteiger charge is -2.01. The van der Waals surface area contributed by atoms with Crippen LogP contribution in [0, 0.1) is 5.82 Å². The Morgan fingerprint density at radius 3 is 2.80 bits per heavy atom. The van der Waals surface area contributed by atoms with E-state index in [4.69, 9.17) is 0 Å². The minimum absolute atomic E-state index is 0. The molecule has 0 atom stereocenters. The lowest BCUT2D eigenvalue weighted by atomic mass is 10.1. The summed E-state index contributed by atoms with van der Waals surface area (Å²) >= 11 is 0. The second-order valence-corrected chi connectivity index (χ2v) is 3.04. The van der Waals surface area contributed by atoms with Gasteiger partial charge in [-0.15, -0.1) is 12.4 Å². The number of ketones is 1. The number of benzene rings is 1. The second kappa shape index (κ2) is 7.37. The summed E-state index contributed by atoms with van der Waals surface area (Å²) in [4.78, 5) is 11.5. The van der Waals surface area contributed by atoms with Crippen molar-refractivity contribution in [1.29, 1.82) is 0 Å². The molecule has 0 aliphatic carbocycles. The van der Waals surface area contributed by atoms with E-state index in [2.05, 4.69) is 5.32 Å². The summed E-state index contributed by atoms with van der Waals surface area (Å²) < 4.78 is 12.7. The standard InChI is InChI=1S/C11H14FNO.ClH/c1-2-13-7-6-11(14)9-4-3-5-10(12)8-9;/h3-5,8,13H,2,6-7H2,1H3;1H. The summed E-state index contributed by atoms with van der Waals surface area (Å²) in [5.41, 5.74) is 0.447. The first-order valence-electron chi connectivity index (χ1n) is 4.73. The Balaban J connectivity index is 0.00000196. The summed E-state index contributed by atoms with van der Waals surface area (Å²) in [6, 6.07) is 5.79. The molecule has 0 aromatic heterocycles. The molecule has 0 aliphatic rings. The fraction of sp³-hybridized carbons (Fsp3) is 0.364. The van der Waals surface area contributed by atoms with Crippen molar-refractivity contribution in [2.75, 3.05) is 13.1 Å². The zero-order valence-corrected chi connectivity index (χ0v) is 9.44. The van der Waals surface area contributed by atoms with Crippen LogP contribution in [-0.4, -0.2) is 18.9 Å². The molecule has 0 amide bonds. The number of nitrogens with one attached hydrogen (secondary N) is 1. The summed E-state index contributed by atoms with van der Waals surface area (Å²) in [5.74, 6) is -0.384. The van der Waals surface area contributed by atoms with Crippen molar-refractivity contribution >= 4 is 18.2 Å². The highest BCUT2D eigenvalue weighted by Gasteiger charge is 2.05. The van der Waals surface area contributed by atoms with Gasteiger partial charge in [-0.25, -0.2) is 4.39 Å². The zero-order valence-electron chi connectivity index (χ0n) is 8.63. The molecule has 1 aromatic carbocycles. The maximum atomic E-state index is 12.7. The van der Waals surface area contributed by atoms with E-state index in [1.807, 2.05) is 6.92 Å². The molecule has 0 heterocycles. The fourth-order valence-electron chi connectivity index (χ4n) is 1.18. The van der Waals surface area contributed by atoms with Crippen molar-refractivity contribution in [3.63, 3.8) is 0 Å². The van der Waals surface area contributed by atoms with Crippen LogP contribution < -0.4 is 5.32 Å². The Hall–Kier alpha value is -0.930. The van der Waals surface area contributed by atoms with E-state index in [0.29, 0.717) is 18.5 Å². The first-order valence-corrected chi connectivity index (χ1v) is 4.73. The van der Waals surface area contributed by atoms with Crippen LogP contribution in [0.15, 0.2) is 24.3 Å². The SMILES string of the molecule is CCNCCC(=O)c1cccc(F)c1.Cl. The van der Waals surface area contributed by atoms with Gasteiger partial charge in [0, 0.05) is 18.5 Å². The van der Waals surface area contributed by atoms with Gasteiger partial charge in [0.15, 0.2) is 5.78 Å². The third-order valence-electron chi connectivity index (χ3n) is 1.93. The first-order chi connectivity index (χ1) is 6.74. The predicted molar refractivity (Wildman–Crippen MR) is 61.1 cm³/mol. The summed E-state index contributed by atoms with van der Waals surface area (Å²) in [6.45, 7) is 3.47. The van der Waals surface area contributed by atoms with E-state index in [1.165, 1.54) is 12.1 Å². The van der Waals surface area contributed by atoms with E-state index < -0.39 is 0 Å². The predicted octanol–water partition coefficient (Wildman–Crippen LogP) is 2.43. The van der Waals surface area contributed by atoms with Crippen molar-refractivity contribution < 1.29 is 9.18 Å². The van der Waals surface area contributed by atoms with Crippen molar-refractivity contribution in [3.05, 3.63) is 35.6 Å². The van der Waals surface area contributed by atoms with E-state index >= 15 is 0 Å². The number of Topliss-reactive ketones (excluding diaryl/α,β-unsaturated/α-hetero) is 1. The van der Waals surface area contributed by atoms with E-state index in [9.17, 15) is 9.18 Å². The summed E-state index contributed by atoms with van der Waals surface area (Å²) in [6.07, 6.45) is 0.414. The van der Waals surface area contributed by atoms with Gasteiger partial charge in [-0.1, -0.05) is 19.1 Å². The molecule has 84 valence electrons. The van der Waals surface area contributed by atoms with Gasteiger partial charge in [-0.05, 0) is 18.7 Å². The lowest BCUT2D eigenvalue weighted by Crippen LogP contribution is -2.17. The van der Waals surface area contributed by atoms with Crippen LogP contribution in [0.5, 0.6) is 0 Å². The molecule has 0 spiro atoms. The highest BCUT2D eigenvalue weighted by Crippen LogP contribution is 2.05. The average Bonchev–Trinajstić information content (AvgIpc) is 2.18. The summed E-state index contributed by atoms with van der Waals surface area (Å²) in [5, 5.41) is 3.05. The molecule has 1 N–H and O–H groups in total. The number of hydrogen-bond acceptors (Lipinski definition) is 2. The van der Waals surface area contributed by atoms with Crippen molar-refractivity contribution in [3.8, 4) is 0 Å². The Labute approximate surface area is 95.3 Å². The van der Waals surface area contributed by atoms with Gasteiger partial charge in [0.05, 0.1) is 0 Å².